The Morgan fingerprint density at radius 3 is 2.94 bits per heavy atom. The van der Waals surface area contributed by atoms with Crippen LogP contribution >= 0.6 is 0 Å². The molecule has 0 spiro atoms. The van der Waals surface area contributed by atoms with Gasteiger partial charge in [-0.3, -0.25) is 5.43 Å². The lowest BCUT2D eigenvalue weighted by molar-refractivity contribution is 0.157. The molecule has 0 amide bonds. The highest BCUT2D eigenvalue weighted by Gasteiger charge is 2.24. The standard InChI is InChI=1S/C13H20N4O/c1-18-10-11-7-8-17(9-11)13(16-14)15-12-5-3-2-4-6-12/h2-6,11H,7-10,14H2,1H3,(H,15,16). The Hall–Kier alpha value is -1.59. The Balaban J connectivity index is 2.04. The first-order chi connectivity index (χ1) is 8.83. The summed E-state index contributed by atoms with van der Waals surface area (Å²) in [5.74, 6) is 6.85. The van der Waals surface area contributed by atoms with Crippen molar-refractivity contribution in [3.05, 3.63) is 30.3 Å². The van der Waals surface area contributed by atoms with Crippen LogP contribution < -0.4 is 11.3 Å². The van der Waals surface area contributed by atoms with Gasteiger partial charge >= 0.3 is 0 Å². The Bertz CT molecular complexity index is 393. The molecule has 2 rings (SSSR count). The summed E-state index contributed by atoms with van der Waals surface area (Å²) in [5, 5.41) is 0. The first kappa shape index (κ1) is 12.9. The van der Waals surface area contributed by atoms with Gasteiger partial charge in [-0.1, -0.05) is 18.2 Å². The van der Waals surface area contributed by atoms with Crippen molar-refractivity contribution in [3.8, 4) is 0 Å². The predicted octanol–water partition coefficient (Wildman–Crippen LogP) is 1.11. The molecule has 1 aromatic carbocycles. The van der Waals surface area contributed by atoms with Crippen LogP contribution in [0.5, 0.6) is 0 Å². The van der Waals surface area contributed by atoms with E-state index in [0.29, 0.717) is 5.92 Å². The molecule has 1 unspecified atom stereocenters. The topological polar surface area (TPSA) is 62.9 Å². The summed E-state index contributed by atoms with van der Waals surface area (Å²) in [4.78, 5) is 6.68. The minimum Gasteiger partial charge on any atom is -0.384 e. The van der Waals surface area contributed by atoms with Crippen molar-refractivity contribution >= 4 is 11.6 Å². The van der Waals surface area contributed by atoms with Gasteiger partial charge in [-0.25, -0.2) is 10.8 Å². The predicted molar refractivity (Wildman–Crippen MR) is 72.4 cm³/mol. The van der Waals surface area contributed by atoms with Crippen LogP contribution in [0.1, 0.15) is 6.42 Å². The second kappa shape index (κ2) is 6.37. The van der Waals surface area contributed by atoms with Crippen molar-refractivity contribution in [3.63, 3.8) is 0 Å². The zero-order chi connectivity index (χ0) is 12.8. The molecule has 1 aromatic rings. The summed E-state index contributed by atoms with van der Waals surface area (Å²) in [7, 11) is 1.74. The van der Waals surface area contributed by atoms with E-state index in [1.165, 1.54) is 0 Å². The number of aliphatic imine (C=N–C) groups is 1. The average Bonchev–Trinajstić information content (AvgIpc) is 2.86. The van der Waals surface area contributed by atoms with Gasteiger partial charge in [-0.15, -0.1) is 0 Å². The summed E-state index contributed by atoms with van der Waals surface area (Å²) < 4.78 is 5.19. The average molecular weight is 248 g/mol. The maximum atomic E-state index is 5.57. The fraction of sp³-hybridized carbons (Fsp3) is 0.462. The molecular weight excluding hydrogens is 228 g/mol. The SMILES string of the molecule is COCC1CCN(C(=Nc2ccccc2)NN)C1. The number of hydrogen-bond acceptors (Lipinski definition) is 3. The zero-order valence-corrected chi connectivity index (χ0v) is 10.7. The van der Waals surface area contributed by atoms with Gasteiger partial charge in [0.25, 0.3) is 0 Å². The van der Waals surface area contributed by atoms with Gasteiger partial charge in [-0.05, 0) is 18.6 Å². The lowest BCUT2D eigenvalue weighted by Crippen LogP contribution is -2.43. The number of nitrogens with two attached hydrogens (primary N) is 1. The fourth-order valence-corrected chi connectivity index (χ4v) is 2.22. The van der Waals surface area contributed by atoms with E-state index in [0.717, 1.165) is 37.8 Å². The number of hydrogen-bond donors (Lipinski definition) is 2. The normalized spacial score (nSPS) is 20.2. The monoisotopic (exact) mass is 248 g/mol. The molecule has 0 aliphatic carbocycles. The number of benzene rings is 1. The molecule has 0 aromatic heterocycles. The Kier molecular flexibility index (Phi) is 4.55. The maximum Gasteiger partial charge on any atom is 0.213 e. The van der Waals surface area contributed by atoms with Crippen LogP contribution in [0.2, 0.25) is 0 Å². The molecule has 5 heteroatoms. The molecular formula is C13H20N4O. The molecule has 1 fully saturated rings. The van der Waals surface area contributed by atoms with Gasteiger partial charge in [0.05, 0.1) is 12.3 Å². The zero-order valence-electron chi connectivity index (χ0n) is 10.7. The smallest absolute Gasteiger partial charge is 0.213 e. The van der Waals surface area contributed by atoms with Crippen LogP contribution in [-0.4, -0.2) is 37.7 Å². The maximum absolute atomic E-state index is 5.57. The van der Waals surface area contributed by atoms with E-state index in [1.54, 1.807) is 7.11 Å². The molecule has 1 heterocycles. The minimum absolute atomic E-state index is 0.560. The number of para-hydroxylation sites is 1. The number of ether oxygens (including phenoxy) is 1. The first-order valence-electron chi connectivity index (χ1n) is 6.17. The highest BCUT2D eigenvalue weighted by atomic mass is 16.5. The van der Waals surface area contributed by atoms with E-state index in [1.807, 2.05) is 30.3 Å². The van der Waals surface area contributed by atoms with E-state index in [4.69, 9.17) is 10.6 Å². The molecule has 0 bridgehead atoms. The van der Waals surface area contributed by atoms with Crippen LogP contribution in [-0.2, 0) is 4.74 Å². The number of methoxy groups -OCH3 is 1. The summed E-state index contributed by atoms with van der Waals surface area (Å²) in [6, 6.07) is 9.81. The van der Waals surface area contributed by atoms with Crippen LogP contribution in [0.3, 0.4) is 0 Å². The van der Waals surface area contributed by atoms with Crippen LogP contribution in [0, 0.1) is 5.92 Å². The summed E-state index contributed by atoms with van der Waals surface area (Å²) in [5.41, 5.74) is 3.59. The van der Waals surface area contributed by atoms with Gasteiger partial charge in [0, 0.05) is 26.1 Å². The highest BCUT2D eigenvalue weighted by Crippen LogP contribution is 2.18. The molecule has 5 nitrogen and oxygen atoms in total. The minimum atomic E-state index is 0.560. The van der Waals surface area contributed by atoms with E-state index in [-0.39, 0.29) is 0 Å². The van der Waals surface area contributed by atoms with E-state index >= 15 is 0 Å². The van der Waals surface area contributed by atoms with Gasteiger partial charge in [0.15, 0.2) is 0 Å². The number of nitrogens with one attached hydrogen (secondary N) is 1. The van der Waals surface area contributed by atoms with E-state index in [9.17, 15) is 0 Å². The number of likely N-dealkylation sites (tertiary alicyclic amines) is 1. The molecule has 0 saturated carbocycles. The third kappa shape index (κ3) is 3.21. The number of nitrogens with zero attached hydrogens (tertiary/aromatic N) is 2. The molecule has 3 N–H and O–H groups in total. The van der Waals surface area contributed by atoms with Crippen LogP contribution in [0.15, 0.2) is 35.3 Å². The number of rotatable bonds is 3. The summed E-state index contributed by atoms with van der Waals surface area (Å²) >= 11 is 0. The van der Waals surface area contributed by atoms with Gasteiger partial charge in [0.2, 0.25) is 5.96 Å². The fourth-order valence-electron chi connectivity index (χ4n) is 2.22. The second-order valence-corrected chi connectivity index (χ2v) is 4.47. The van der Waals surface area contributed by atoms with E-state index in [2.05, 4.69) is 15.3 Å². The first-order valence-corrected chi connectivity index (χ1v) is 6.17. The molecule has 1 aliphatic rings. The molecule has 0 radical (unpaired) electrons. The van der Waals surface area contributed by atoms with Gasteiger partial charge in [-0.2, -0.15) is 0 Å². The largest absolute Gasteiger partial charge is 0.384 e. The summed E-state index contributed by atoms with van der Waals surface area (Å²) in [6.45, 7) is 2.69. The van der Waals surface area contributed by atoms with Crippen molar-refractivity contribution in [1.82, 2.24) is 10.3 Å². The van der Waals surface area contributed by atoms with E-state index < -0.39 is 0 Å². The van der Waals surface area contributed by atoms with Crippen LogP contribution in [0.25, 0.3) is 0 Å². The number of hydrazine groups is 1. The second-order valence-electron chi connectivity index (χ2n) is 4.47. The molecule has 1 atom stereocenters. The quantitative estimate of drug-likeness (QED) is 0.364. The summed E-state index contributed by atoms with van der Waals surface area (Å²) in [6.07, 6.45) is 1.11. The third-order valence-corrected chi connectivity index (χ3v) is 3.11. The lowest BCUT2D eigenvalue weighted by atomic mass is 10.1. The molecule has 98 valence electrons. The van der Waals surface area contributed by atoms with Crippen molar-refractivity contribution < 1.29 is 4.74 Å². The van der Waals surface area contributed by atoms with Crippen molar-refractivity contribution in [2.75, 3.05) is 26.8 Å². The van der Waals surface area contributed by atoms with Crippen molar-refractivity contribution in [2.45, 2.75) is 6.42 Å². The van der Waals surface area contributed by atoms with Crippen molar-refractivity contribution in [2.24, 2.45) is 16.8 Å². The van der Waals surface area contributed by atoms with Gasteiger partial charge in [0.1, 0.15) is 0 Å². The number of guanidine groups is 1. The Morgan fingerprint density at radius 1 is 1.50 bits per heavy atom. The Morgan fingerprint density at radius 2 is 2.28 bits per heavy atom. The lowest BCUT2D eigenvalue weighted by Gasteiger charge is -2.19. The Labute approximate surface area is 108 Å². The molecule has 1 saturated heterocycles. The molecule has 1 aliphatic heterocycles. The highest BCUT2D eigenvalue weighted by molar-refractivity contribution is 5.82. The third-order valence-electron chi connectivity index (χ3n) is 3.11. The van der Waals surface area contributed by atoms with Crippen molar-refractivity contribution in [1.29, 1.82) is 0 Å². The van der Waals surface area contributed by atoms with Crippen LogP contribution in [0.4, 0.5) is 5.69 Å². The van der Waals surface area contributed by atoms with Gasteiger partial charge < -0.3 is 9.64 Å². The molecule has 18 heavy (non-hydrogen) atoms.